The monoisotopic (exact) mass is 222 g/mol. The lowest BCUT2D eigenvalue weighted by Crippen LogP contribution is -2.40. The van der Waals surface area contributed by atoms with Crippen LogP contribution < -0.4 is 0 Å². The Labute approximate surface area is 96.2 Å². The molecule has 16 heavy (non-hydrogen) atoms. The minimum Gasteiger partial charge on any atom is -0.383 e. The number of aromatic nitrogens is 1. The molecule has 1 fully saturated rings. The maximum absolute atomic E-state index is 5.73. The van der Waals surface area contributed by atoms with E-state index in [9.17, 15) is 0 Å². The van der Waals surface area contributed by atoms with Crippen LogP contribution in [0.25, 0.3) is 0 Å². The van der Waals surface area contributed by atoms with Crippen molar-refractivity contribution in [1.29, 1.82) is 0 Å². The van der Waals surface area contributed by atoms with Gasteiger partial charge in [-0.25, -0.2) is 0 Å². The second-order valence-electron chi connectivity index (χ2n) is 3.91. The molecule has 0 unspecified atom stereocenters. The van der Waals surface area contributed by atoms with Crippen LogP contribution in [0, 0.1) is 0 Å². The molecule has 1 aromatic heterocycles. The van der Waals surface area contributed by atoms with Gasteiger partial charge in [0.15, 0.2) is 0 Å². The summed E-state index contributed by atoms with van der Waals surface area (Å²) in [5, 5.41) is 0. The van der Waals surface area contributed by atoms with Crippen molar-refractivity contribution in [2.75, 3.05) is 40.0 Å². The highest BCUT2D eigenvalue weighted by molar-refractivity contribution is 5.08. The van der Waals surface area contributed by atoms with Crippen molar-refractivity contribution in [3.63, 3.8) is 0 Å². The standard InChI is InChI=1S/C12H18N2O2/c1-15-8-6-14-7-9-16-12(10-14)11-4-2-3-5-13-11/h2-5,12H,6-10H2,1H3/t12-/m0/s1. The first-order valence-electron chi connectivity index (χ1n) is 5.64. The largest absolute Gasteiger partial charge is 0.383 e. The van der Waals surface area contributed by atoms with Gasteiger partial charge in [0.25, 0.3) is 0 Å². The number of rotatable bonds is 4. The molecule has 2 rings (SSSR count). The summed E-state index contributed by atoms with van der Waals surface area (Å²) in [6.45, 7) is 4.39. The predicted molar refractivity (Wildman–Crippen MR) is 61.2 cm³/mol. The van der Waals surface area contributed by atoms with E-state index in [1.807, 2.05) is 24.4 Å². The number of pyridine rings is 1. The number of methoxy groups -OCH3 is 1. The Morgan fingerprint density at radius 1 is 1.56 bits per heavy atom. The summed E-state index contributed by atoms with van der Waals surface area (Å²) in [7, 11) is 1.73. The molecule has 0 spiro atoms. The van der Waals surface area contributed by atoms with E-state index in [1.54, 1.807) is 7.11 Å². The molecule has 0 saturated carbocycles. The van der Waals surface area contributed by atoms with E-state index in [2.05, 4.69) is 9.88 Å². The summed E-state index contributed by atoms with van der Waals surface area (Å²) >= 11 is 0. The van der Waals surface area contributed by atoms with Gasteiger partial charge in [-0.15, -0.1) is 0 Å². The summed E-state index contributed by atoms with van der Waals surface area (Å²) in [6.07, 6.45) is 1.92. The van der Waals surface area contributed by atoms with Gasteiger partial charge in [-0.1, -0.05) is 6.07 Å². The molecule has 0 N–H and O–H groups in total. The molecule has 2 heterocycles. The number of nitrogens with zero attached hydrogens (tertiary/aromatic N) is 2. The molecule has 4 nitrogen and oxygen atoms in total. The quantitative estimate of drug-likeness (QED) is 0.764. The van der Waals surface area contributed by atoms with E-state index in [4.69, 9.17) is 9.47 Å². The van der Waals surface area contributed by atoms with Crippen LogP contribution in [0.1, 0.15) is 11.8 Å². The molecule has 1 saturated heterocycles. The first-order chi connectivity index (χ1) is 7.90. The van der Waals surface area contributed by atoms with Crippen molar-refractivity contribution in [2.24, 2.45) is 0 Å². The van der Waals surface area contributed by atoms with Crippen LogP contribution in [-0.2, 0) is 9.47 Å². The minimum atomic E-state index is 0.104. The molecule has 4 heteroatoms. The van der Waals surface area contributed by atoms with Crippen molar-refractivity contribution < 1.29 is 9.47 Å². The van der Waals surface area contributed by atoms with Crippen molar-refractivity contribution in [3.05, 3.63) is 30.1 Å². The molecule has 1 aromatic rings. The number of hydrogen-bond acceptors (Lipinski definition) is 4. The van der Waals surface area contributed by atoms with E-state index in [1.165, 1.54) is 0 Å². The Morgan fingerprint density at radius 3 is 3.25 bits per heavy atom. The fraction of sp³-hybridized carbons (Fsp3) is 0.583. The zero-order valence-corrected chi connectivity index (χ0v) is 9.63. The molecule has 1 atom stereocenters. The van der Waals surface area contributed by atoms with Gasteiger partial charge in [-0.05, 0) is 12.1 Å². The fourth-order valence-corrected chi connectivity index (χ4v) is 1.87. The van der Waals surface area contributed by atoms with Crippen molar-refractivity contribution in [1.82, 2.24) is 9.88 Å². The van der Waals surface area contributed by atoms with Crippen LogP contribution in [0.4, 0.5) is 0 Å². The highest BCUT2D eigenvalue weighted by Crippen LogP contribution is 2.19. The zero-order valence-electron chi connectivity index (χ0n) is 9.63. The molecule has 0 aromatic carbocycles. The summed E-state index contributed by atoms with van der Waals surface area (Å²) in [5.74, 6) is 0. The molecule has 1 aliphatic rings. The molecule has 1 aliphatic heterocycles. The topological polar surface area (TPSA) is 34.6 Å². The van der Waals surface area contributed by atoms with E-state index >= 15 is 0 Å². The second-order valence-corrected chi connectivity index (χ2v) is 3.91. The van der Waals surface area contributed by atoms with Crippen LogP contribution in [0.15, 0.2) is 24.4 Å². The Bertz CT molecular complexity index is 305. The van der Waals surface area contributed by atoms with Crippen molar-refractivity contribution in [3.8, 4) is 0 Å². The molecule has 0 amide bonds. The number of ether oxygens (including phenoxy) is 2. The normalized spacial score (nSPS) is 22.2. The van der Waals surface area contributed by atoms with Crippen LogP contribution in [0.5, 0.6) is 0 Å². The third-order valence-corrected chi connectivity index (χ3v) is 2.78. The van der Waals surface area contributed by atoms with Crippen LogP contribution in [-0.4, -0.2) is 49.8 Å². The highest BCUT2D eigenvalue weighted by Gasteiger charge is 2.22. The molecule has 88 valence electrons. The Balaban J connectivity index is 1.91. The molecule has 0 aliphatic carbocycles. The Hall–Kier alpha value is -0.970. The van der Waals surface area contributed by atoms with Crippen molar-refractivity contribution in [2.45, 2.75) is 6.10 Å². The lowest BCUT2D eigenvalue weighted by Gasteiger charge is -2.32. The number of hydrogen-bond donors (Lipinski definition) is 0. The van der Waals surface area contributed by atoms with Gasteiger partial charge in [0.1, 0.15) is 6.10 Å². The van der Waals surface area contributed by atoms with Gasteiger partial charge in [0.2, 0.25) is 0 Å². The zero-order chi connectivity index (χ0) is 11.2. The van der Waals surface area contributed by atoms with Crippen LogP contribution in [0.3, 0.4) is 0 Å². The third kappa shape index (κ3) is 3.01. The van der Waals surface area contributed by atoms with Gasteiger partial charge in [0.05, 0.1) is 18.9 Å². The number of morpholine rings is 1. The molecular weight excluding hydrogens is 204 g/mol. The van der Waals surface area contributed by atoms with Gasteiger partial charge in [-0.3, -0.25) is 9.88 Å². The average molecular weight is 222 g/mol. The fourth-order valence-electron chi connectivity index (χ4n) is 1.87. The first-order valence-corrected chi connectivity index (χ1v) is 5.64. The molecule has 0 radical (unpaired) electrons. The average Bonchev–Trinajstić information content (AvgIpc) is 2.38. The lowest BCUT2D eigenvalue weighted by molar-refractivity contribution is -0.0375. The van der Waals surface area contributed by atoms with Crippen molar-refractivity contribution >= 4 is 0 Å². The van der Waals surface area contributed by atoms with E-state index < -0.39 is 0 Å². The molecular formula is C12H18N2O2. The van der Waals surface area contributed by atoms with Gasteiger partial charge in [-0.2, -0.15) is 0 Å². The third-order valence-electron chi connectivity index (χ3n) is 2.78. The van der Waals surface area contributed by atoms with E-state index in [0.29, 0.717) is 0 Å². The lowest BCUT2D eigenvalue weighted by atomic mass is 10.2. The summed E-state index contributed by atoms with van der Waals surface area (Å²) in [6, 6.07) is 5.94. The second kappa shape index (κ2) is 5.94. The maximum atomic E-state index is 5.73. The highest BCUT2D eigenvalue weighted by atomic mass is 16.5. The van der Waals surface area contributed by atoms with E-state index in [-0.39, 0.29) is 6.10 Å². The van der Waals surface area contributed by atoms with E-state index in [0.717, 1.165) is 38.5 Å². The maximum Gasteiger partial charge on any atom is 0.112 e. The predicted octanol–water partition coefficient (Wildman–Crippen LogP) is 1.10. The van der Waals surface area contributed by atoms with Crippen LogP contribution >= 0.6 is 0 Å². The minimum absolute atomic E-state index is 0.104. The smallest absolute Gasteiger partial charge is 0.112 e. The molecule has 0 bridgehead atoms. The Morgan fingerprint density at radius 2 is 2.50 bits per heavy atom. The summed E-state index contributed by atoms with van der Waals surface area (Å²) in [5.41, 5.74) is 1.02. The first kappa shape index (κ1) is 11.5. The SMILES string of the molecule is COCCN1CCO[C@H](c2ccccn2)C1. The Kier molecular flexibility index (Phi) is 4.27. The van der Waals surface area contributed by atoms with Gasteiger partial charge < -0.3 is 9.47 Å². The van der Waals surface area contributed by atoms with Gasteiger partial charge >= 0.3 is 0 Å². The van der Waals surface area contributed by atoms with Crippen LogP contribution in [0.2, 0.25) is 0 Å². The summed E-state index contributed by atoms with van der Waals surface area (Å²) < 4.78 is 10.8. The van der Waals surface area contributed by atoms with Gasteiger partial charge in [0, 0.05) is 32.9 Å². The summed E-state index contributed by atoms with van der Waals surface area (Å²) in [4.78, 5) is 6.69.